The maximum Gasteiger partial charge on any atom is 0.240 e. The highest BCUT2D eigenvalue weighted by atomic mass is 32.2. The third-order valence-electron chi connectivity index (χ3n) is 2.93. The lowest BCUT2D eigenvalue weighted by molar-refractivity contribution is -0.116. The van der Waals surface area contributed by atoms with Crippen LogP contribution < -0.4 is 10.0 Å². The maximum absolute atomic E-state index is 12.0. The topological polar surface area (TPSA) is 75.3 Å². The number of aryl methyl sites for hydroxylation is 1. The lowest BCUT2D eigenvalue weighted by Crippen LogP contribution is -2.23. The number of benzene rings is 1. The Morgan fingerprint density at radius 1 is 1.37 bits per heavy atom. The molecule has 102 valence electrons. The average molecular weight is 280 g/mol. The third kappa shape index (κ3) is 3.21. The highest BCUT2D eigenvalue weighted by Gasteiger charge is 2.18. The summed E-state index contributed by atoms with van der Waals surface area (Å²) in [5, 5.41) is 2.77. The monoisotopic (exact) mass is 280 g/mol. The van der Waals surface area contributed by atoms with Gasteiger partial charge in [0, 0.05) is 18.7 Å². The first-order valence-corrected chi connectivity index (χ1v) is 7.54. The van der Waals surface area contributed by atoms with Crippen LogP contribution in [-0.4, -0.2) is 20.9 Å². The second-order valence-corrected chi connectivity index (χ2v) is 6.13. The maximum atomic E-state index is 12.0. The first kappa shape index (κ1) is 13.8. The molecule has 0 atom stereocenters. The van der Waals surface area contributed by atoms with E-state index >= 15 is 0 Å². The molecule has 0 fully saturated rings. The zero-order chi connectivity index (χ0) is 13.9. The molecule has 2 N–H and O–H groups in total. The molecule has 1 amide bonds. The Labute approximate surface area is 112 Å². The van der Waals surface area contributed by atoms with E-state index in [2.05, 4.69) is 16.6 Å². The van der Waals surface area contributed by atoms with Crippen LogP contribution in [-0.2, 0) is 21.2 Å². The minimum atomic E-state index is -3.52. The number of sulfonamides is 1. The van der Waals surface area contributed by atoms with Crippen LogP contribution in [0.3, 0.4) is 0 Å². The van der Waals surface area contributed by atoms with Crippen LogP contribution >= 0.6 is 0 Å². The number of hydrogen-bond donors (Lipinski definition) is 2. The molecule has 0 saturated heterocycles. The molecule has 0 radical (unpaired) electrons. The van der Waals surface area contributed by atoms with Crippen LogP contribution in [0.25, 0.3) is 0 Å². The van der Waals surface area contributed by atoms with E-state index < -0.39 is 10.0 Å². The van der Waals surface area contributed by atoms with Gasteiger partial charge in [-0.3, -0.25) is 4.79 Å². The number of amides is 1. The van der Waals surface area contributed by atoms with Crippen molar-refractivity contribution in [3.8, 4) is 0 Å². The molecule has 0 unspecified atom stereocenters. The number of carbonyl (C=O) groups is 1. The van der Waals surface area contributed by atoms with Crippen molar-refractivity contribution in [1.82, 2.24) is 4.72 Å². The molecule has 0 saturated carbocycles. The summed E-state index contributed by atoms with van der Waals surface area (Å²) in [6, 6.07) is 4.75. The molecule has 19 heavy (non-hydrogen) atoms. The van der Waals surface area contributed by atoms with E-state index in [0.717, 1.165) is 12.0 Å². The Hall–Kier alpha value is -1.66. The van der Waals surface area contributed by atoms with Crippen LogP contribution in [0.2, 0.25) is 0 Å². The van der Waals surface area contributed by atoms with E-state index in [1.165, 1.54) is 12.1 Å². The van der Waals surface area contributed by atoms with Crippen LogP contribution in [0.1, 0.15) is 18.4 Å². The largest absolute Gasteiger partial charge is 0.326 e. The molecular weight excluding hydrogens is 264 g/mol. The lowest BCUT2D eigenvalue weighted by Gasteiger charge is -2.10. The summed E-state index contributed by atoms with van der Waals surface area (Å²) in [6.45, 7) is 3.66. The predicted octanol–water partition coefficient (Wildman–Crippen LogP) is 1.43. The number of fused-ring (bicyclic) bond motifs is 1. The van der Waals surface area contributed by atoms with Crippen molar-refractivity contribution in [2.24, 2.45) is 0 Å². The third-order valence-corrected chi connectivity index (χ3v) is 4.35. The minimum Gasteiger partial charge on any atom is -0.326 e. The summed E-state index contributed by atoms with van der Waals surface area (Å²) in [5.41, 5.74) is 1.55. The van der Waals surface area contributed by atoms with Crippen molar-refractivity contribution < 1.29 is 13.2 Å². The standard InChI is InChI=1S/C13H16N2O3S/c1-2-8-14-19(17,18)11-6-7-12-10(9-11)4-3-5-13(16)15-12/h2,6-7,9,14H,1,3-5,8H2,(H,15,16). The molecule has 0 aromatic heterocycles. The Bertz CT molecular complexity index is 608. The number of nitrogens with one attached hydrogen (secondary N) is 2. The molecule has 2 rings (SSSR count). The molecule has 0 bridgehead atoms. The molecule has 0 aliphatic carbocycles. The molecular formula is C13H16N2O3S. The van der Waals surface area contributed by atoms with E-state index in [0.29, 0.717) is 18.5 Å². The van der Waals surface area contributed by atoms with Gasteiger partial charge in [-0.05, 0) is 36.6 Å². The first-order chi connectivity index (χ1) is 9.03. The van der Waals surface area contributed by atoms with Gasteiger partial charge < -0.3 is 5.32 Å². The SMILES string of the molecule is C=CCNS(=O)(=O)c1ccc2c(c1)CCCC(=O)N2. The van der Waals surface area contributed by atoms with Crippen molar-refractivity contribution in [1.29, 1.82) is 0 Å². The highest BCUT2D eigenvalue weighted by molar-refractivity contribution is 7.89. The molecule has 1 heterocycles. The van der Waals surface area contributed by atoms with E-state index in [9.17, 15) is 13.2 Å². The average Bonchev–Trinajstić information content (AvgIpc) is 2.56. The molecule has 0 spiro atoms. The number of carbonyl (C=O) groups excluding carboxylic acids is 1. The summed E-state index contributed by atoms with van der Waals surface area (Å²) in [5.74, 6) is -0.0286. The zero-order valence-electron chi connectivity index (χ0n) is 10.5. The molecule has 5 nitrogen and oxygen atoms in total. The summed E-state index contributed by atoms with van der Waals surface area (Å²) in [4.78, 5) is 11.6. The van der Waals surface area contributed by atoms with Crippen molar-refractivity contribution in [2.45, 2.75) is 24.2 Å². The van der Waals surface area contributed by atoms with Gasteiger partial charge in [0.1, 0.15) is 0 Å². The van der Waals surface area contributed by atoms with Gasteiger partial charge in [-0.2, -0.15) is 0 Å². The first-order valence-electron chi connectivity index (χ1n) is 6.06. The van der Waals surface area contributed by atoms with E-state index in [4.69, 9.17) is 0 Å². The van der Waals surface area contributed by atoms with Gasteiger partial charge in [-0.25, -0.2) is 13.1 Å². The van der Waals surface area contributed by atoms with Crippen molar-refractivity contribution in [2.75, 3.05) is 11.9 Å². The molecule has 1 aliphatic rings. The van der Waals surface area contributed by atoms with Crippen LogP contribution in [0.15, 0.2) is 35.7 Å². The fourth-order valence-electron chi connectivity index (χ4n) is 1.97. The van der Waals surface area contributed by atoms with Crippen molar-refractivity contribution in [3.63, 3.8) is 0 Å². The Morgan fingerprint density at radius 2 is 2.16 bits per heavy atom. The van der Waals surface area contributed by atoms with Gasteiger partial charge in [-0.15, -0.1) is 6.58 Å². The van der Waals surface area contributed by atoms with Gasteiger partial charge >= 0.3 is 0 Å². The van der Waals surface area contributed by atoms with Gasteiger partial charge in [0.2, 0.25) is 15.9 Å². The summed E-state index contributed by atoms with van der Waals surface area (Å²) >= 11 is 0. The highest BCUT2D eigenvalue weighted by Crippen LogP contribution is 2.24. The number of rotatable bonds is 4. The molecule has 1 aromatic carbocycles. The van der Waals surface area contributed by atoms with Gasteiger partial charge in [-0.1, -0.05) is 6.08 Å². The quantitative estimate of drug-likeness (QED) is 0.819. The van der Waals surface area contributed by atoms with Gasteiger partial charge in [0.15, 0.2) is 0 Å². The van der Waals surface area contributed by atoms with Crippen molar-refractivity contribution >= 4 is 21.6 Å². The summed E-state index contributed by atoms with van der Waals surface area (Å²) < 4.78 is 26.4. The van der Waals surface area contributed by atoms with Crippen LogP contribution in [0.5, 0.6) is 0 Å². The lowest BCUT2D eigenvalue weighted by atomic mass is 10.1. The number of hydrogen-bond acceptors (Lipinski definition) is 3. The van der Waals surface area contributed by atoms with Gasteiger partial charge in [0.25, 0.3) is 0 Å². The Balaban J connectivity index is 2.33. The zero-order valence-corrected chi connectivity index (χ0v) is 11.3. The molecule has 1 aromatic rings. The van der Waals surface area contributed by atoms with Crippen molar-refractivity contribution in [3.05, 3.63) is 36.4 Å². The molecule has 6 heteroatoms. The Morgan fingerprint density at radius 3 is 2.89 bits per heavy atom. The summed E-state index contributed by atoms with van der Waals surface area (Å²) in [7, 11) is -3.52. The number of anilines is 1. The van der Waals surface area contributed by atoms with E-state index in [1.54, 1.807) is 12.1 Å². The minimum absolute atomic E-state index is 0.0286. The van der Waals surface area contributed by atoms with Crippen LogP contribution in [0, 0.1) is 0 Å². The van der Waals surface area contributed by atoms with Crippen LogP contribution in [0.4, 0.5) is 5.69 Å². The van der Waals surface area contributed by atoms with E-state index in [1.807, 2.05) is 0 Å². The fourth-order valence-corrected chi connectivity index (χ4v) is 3.02. The van der Waals surface area contributed by atoms with E-state index in [-0.39, 0.29) is 17.3 Å². The second-order valence-electron chi connectivity index (χ2n) is 4.36. The predicted molar refractivity (Wildman–Crippen MR) is 73.4 cm³/mol. The van der Waals surface area contributed by atoms with Gasteiger partial charge in [0.05, 0.1) is 4.90 Å². The smallest absolute Gasteiger partial charge is 0.240 e. The summed E-state index contributed by atoms with van der Waals surface area (Å²) in [6.07, 6.45) is 3.37. The molecule has 1 aliphatic heterocycles. The second kappa shape index (κ2) is 5.54. The normalized spacial score (nSPS) is 15.3. The Kier molecular flexibility index (Phi) is 4.01. The fraction of sp³-hybridized carbons (Fsp3) is 0.308.